The van der Waals surface area contributed by atoms with Crippen molar-refractivity contribution in [2.24, 2.45) is 0 Å². The molecule has 0 saturated heterocycles. The zero-order chi connectivity index (χ0) is 34.7. The van der Waals surface area contributed by atoms with Gasteiger partial charge in [0.15, 0.2) is 0 Å². The van der Waals surface area contributed by atoms with Crippen molar-refractivity contribution in [3.63, 3.8) is 0 Å². The Labute approximate surface area is 347 Å². The molecular weight excluding hydrogens is 767 g/mol. The molecule has 0 radical (unpaired) electrons. The minimum Gasteiger partial charge on any atom is -1.00 e. The molecule has 0 bridgehead atoms. The minimum atomic E-state index is -2.27. The fourth-order valence-electron chi connectivity index (χ4n) is 8.40. The Kier molecular flexibility index (Phi) is 16.5. The van der Waals surface area contributed by atoms with Crippen molar-refractivity contribution in [2.75, 3.05) is 0 Å². The molecule has 6 rings (SSSR count). The van der Waals surface area contributed by atoms with Crippen LogP contribution in [-0.2, 0) is 39.0 Å². The van der Waals surface area contributed by atoms with Gasteiger partial charge in [-0.3, -0.25) is 0 Å². The van der Waals surface area contributed by atoms with Crippen LogP contribution in [0.1, 0.15) is 114 Å². The molecule has 52 heavy (non-hydrogen) atoms. The van der Waals surface area contributed by atoms with Crippen LogP contribution in [0.25, 0.3) is 43.8 Å². The quantitative estimate of drug-likeness (QED) is 0.0800. The first-order valence-electron chi connectivity index (χ1n) is 19.4. The van der Waals surface area contributed by atoms with Crippen molar-refractivity contribution in [2.45, 2.75) is 118 Å². The maximum atomic E-state index is 2.67. The van der Waals surface area contributed by atoms with Gasteiger partial charge in [0.1, 0.15) is 0 Å². The van der Waals surface area contributed by atoms with Crippen LogP contribution in [0.2, 0.25) is 13.1 Å². The molecule has 0 heterocycles. The number of fused-ring (bicyclic) bond motifs is 2. The van der Waals surface area contributed by atoms with Crippen LogP contribution in [0.15, 0.2) is 97.1 Å². The first kappa shape index (κ1) is 44.2. The smallest absolute Gasteiger partial charge is 1.00 e. The van der Waals surface area contributed by atoms with E-state index < -0.39 is 8.07 Å². The molecule has 6 aromatic carbocycles. The summed E-state index contributed by atoms with van der Waals surface area (Å²) >= 11 is 0. The predicted molar refractivity (Wildman–Crippen MR) is 221 cm³/mol. The van der Waals surface area contributed by atoms with E-state index in [-0.39, 0.29) is 51.0 Å². The molecule has 0 nitrogen and oxygen atoms in total. The summed E-state index contributed by atoms with van der Waals surface area (Å²) in [5.41, 5.74) is 11.5. The van der Waals surface area contributed by atoms with E-state index in [0.29, 0.717) is 11.8 Å². The molecule has 0 aliphatic heterocycles. The van der Waals surface area contributed by atoms with Crippen molar-refractivity contribution in [1.29, 1.82) is 0 Å². The molecule has 0 saturated carbocycles. The molecule has 0 amide bonds. The number of unbranched alkanes of at least 4 members (excludes halogenated alkanes) is 2. The van der Waals surface area contributed by atoms with Crippen LogP contribution >= 0.6 is 0 Å². The van der Waals surface area contributed by atoms with E-state index in [1.807, 2.05) is 0 Å². The van der Waals surface area contributed by atoms with Gasteiger partial charge in [-0.25, -0.2) is 0 Å². The Morgan fingerprint density at radius 1 is 0.538 bits per heavy atom. The van der Waals surface area contributed by atoms with Crippen LogP contribution < -0.4 is 35.2 Å². The van der Waals surface area contributed by atoms with Crippen LogP contribution in [0.4, 0.5) is 0 Å². The van der Waals surface area contributed by atoms with Crippen molar-refractivity contribution in [3.8, 4) is 22.3 Å². The van der Waals surface area contributed by atoms with Crippen LogP contribution in [-0.4, -0.2) is 8.07 Å². The predicted octanol–water partition coefficient (Wildman–Crippen LogP) is 7.31. The second kappa shape index (κ2) is 19.4. The summed E-state index contributed by atoms with van der Waals surface area (Å²) in [7, 11) is -2.27. The second-order valence-corrected chi connectivity index (χ2v) is 19.6. The minimum absolute atomic E-state index is 0. The molecule has 4 heteroatoms. The largest absolute Gasteiger partial charge is 4.00 e. The Balaban J connectivity index is 0.00000243. The van der Waals surface area contributed by atoms with Gasteiger partial charge < -0.3 is 24.8 Å². The van der Waals surface area contributed by atoms with Crippen molar-refractivity contribution < 1.29 is 51.0 Å². The summed E-state index contributed by atoms with van der Waals surface area (Å²) in [5.74, 6) is 1.16. The Morgan fingerprint density at radius 2 is 0.904 bits per heavy atom. The van der Waals surface area contributed by atoms with Crippen LogP contribution in [0, 0.1) is 0 Å². The third-order valence-electron chi connectivity index (χ3n) is 11.7. The number of aryl methyl sites for hydroxylation is 2. The van der Waals surface area contributed by atoms with E-state index in [1.165, 1.54) is 93.5 Å². The topological polar surface area (TPSA) is 0 Å². The molecular formula is C48H58Cl2SiZr. The summed E-state index contributed by atoms with van der Waals surface area (Å²) in [6.45, 7) is 19.3. The van der Waals surface area contributed by atoms with Gasteiger partial charge >= 0.3 is 26.2 Å². The van der Waals surface area contributed by atoms with E-state index in [0.717, 1.165) is 12.8 Å². The zero-order valence-electron chi connectivity index (χ0n) is 32.8. The normalized spacial score (nSPS) is 12.6. The van der Waals surface area contributed by atoms with Gasteiger partial charge in [0.2, 0.25) is 0 Å². The van der Waals surface area contributed by atoms with E-state index in [4.69, 9.17) is 0 Å². The van der Waals surface area contributed by atoms with E-state index >= 15 is 0 Å². The maximum absolute atomic E-state index is 2.67. The molecule has 2 unspecified atom stereocenters. The van der Waals surface area contributed by atoms with Crippen molar-refractivity contribution >= 4 is 40.0 Å². The molecule has 0 spiro atoms. The summed E-state index contributed by atoms with van der Waals surface area (Å²) < 4.78 is 0. The van der Waals surface area contributed by atoms with Crippen molar-refractivity contribution in [3.05, 3.63) is 119 Å². The standard InChI is InChI=1S/C48H58Si.2ClH.Zr/c1-9-13-17-41-31-39-19-15-21-43(37-27-23-35(24-28-37)33(5)11-3)45(39)47(41)49(7,8)48-42(18-14-10-2)32-40-20-16-22-44(46(40)48)38-29-25-36(26-30-38)34(6)12-4;;;/h15-16,19-34H,9-14,17-18H2,1-8H3;2*1H;/q-2;;;+4/p-2. The first-order chi connectivity index (χ1) is 23.7. The Morgan fingerprint density at radius 3 is 1.23 bits per heavy atom. The van der Waals surface area contributed by atoms with E-state index in [9.17, 15) is 0 Å². The molecule has 0 aliphatic rings. The Bertz CT molecular complexity index is 1870. The second-order valence-electron chi connectivity index (χ2n) is 15.3. The summed E-state index contributed by atoms with van der Waals surface area (Å²) in [6, 6.07) is 38.3. The molecule has 2 atom stereocenters. The van der Waals surface area contributed by atoms with E-state index in [2.05, 4.69) is 152 Å². The Hall–Kier alpha value is -2.22. The number of hydrogen-bond acceptors (Lipinski definition) is 0. The molecule has 0 aliphatic carbocycles. The van der Waals surface area contributed by atoms with Crippen LogP contribution in [0.5, 0.6) is 0 Å². The molecule has 0 aromatic heterocycles. The number of benzene rings is 4. The van der Waals surface area contributed by atoms with Gasteiger partial charge in [0.05, 0.1) is 0 Å². The van der Waals surface area contributed by atoms with Gasteiger partial charge in [0, 0.05) is 8.07 Å². The first-order valence-corrected chi connectivity index (χ1v) is 22.4. The molecule has 0 N–H and O–H groups in total. The molecule has 272 valence electrons. The van der Waals surface area contributed by atoms with Crippen molar-refractivity contribution in [1.82, 2.24) is 0 Å². The van der Waals surface area contributed by atoms with Gasteiger partial charge in [-0.05, 0) is 59.8 Å². The number of halogens is 2. The number of hydrogen-bond donors (Lipinski definition) is 0. The number of rotatable bonds is 14. The molecule has 6 aromatic rings. The summed E-state index contributed by atoms with van der Waals surface area (Å²) in [6.07, 6.45) is 9.51. The maximum Gasteiger partial charge on any atom is 4.00 e. The monoisotopic (exact) mass is 822 g/mol. The SMILES string of the molecule is CCCCc1[cH-]c2cccc(-c3ccc(C(C)CC)cc3)c2c1[Si](C)(C)c1c(CCCC)[cH-]c2cccc(-c3ccc(C(C)CC)cc3)c12.[Cl-].[Cl-].[Zr+4]. The fourth-order valence-corrected chi connectivity index (χ4v) is 12.5. The fraction of sp³-hybridized carbons (Fsp3) is 0.375. The molecule has 0 fully saturated rings. The summed E-state index contributed by atoms with van der Waals surface area (Å²) in [5, 5.41) is 9.18. The van der Waals surface area contributed by atoms with Gasteiger partial charge in [-0.1, -0.05) is 152 Å². The zero-order valence-corrected chi connectivity index (χ0v) is 37.8. The summed E-state index contributed by atoms with van der Waals surface area (Å²) in [4.78, 5) is 0. The average molecular weight is 825 g/mol. The average Bonchev–Trinajstić information content (AvgIpc) is 3.72. The van der Waals surface area contributed by atoms with Gasteiger partial charge in [0.25, 0.3) is 0 Å². The third-order valence-corrected chi connectivity index (χ3v) is 15.3. The van der Waals surface area contributed by atoms with Gasteiger partial charge in [-0.2, -0.15) is 10.4 Å². The van der Waals surface area contributed by atoms with Crippen LogP contribution in [0.3, 0.4) is 0 Å². The third kappa shape index (κ3) is 8.68. The van der Waals surface area contributed by atoms with E-state index in [1.54, 1.807) is 21.5 Å². The van der Waals surface area contributed by atoms with Gasteiger partial charge in [-0.15, -0.1) is 69.1 Å².